The number of carboxylic acid groups (broad SMARTS) is 1. The lowest BCUT2D eigenvalue weighted by Crippen LogP contribution is -2.38. The van der Waals surface area contributed by atoms with E-state index < -0.39 is 11.4 Å². The van der Waals surface area contributed by atoms with E-state index in [4.69, 9.17) is 5.11 Å². The Balaban J connectivity index is 3.38. The van der Waals surface area contributed by atoms with Crippen molar-refractivity contribution in [3.05, 3.63) is 0 Å². The van der Waals surface area contributed by atoms with Crippen molar-refractivity contribution >= 4 is 5.97 Å². The molecule has 4 N–H and O–H groups in total. The summed E-state index contributed by atoms with van der Waals surface area (Å²) in [4.78, 5) is 10.4. The number of hydrogen-bond donors (Lipinski definition) is 4. The Bertz CT molecular complexity index is 368. The van der Waals surface area contributed by atoms with Crippen molar-refractivity contribution in [2.45, 2.75) is 116 Å². The van der Waals surface area contributed by atoms with E-state index in [-0.39, 0.29) is 25.7 Å². The van der Waals surface area contributed by atoms with Gasteiger partial charge in [-0.3, -0.25) is 4.79 Å². The number of rotatable bonds is 22. The van der Waals surface area contributed by atoms with E-state index in [1.54, 1.807) is 0 Å². The number of aliphatic carboxylic acids is 1. The van der Waals surface area contributed by atoms with Gasteiger partial charge in [0, 0.05) is 18.4 Å². The molecule has 29 heavy (non-hydrogen) atoms. The molecule has 0 aromatic carbocycles. The molecule has 0 bridgehead atoms. The standard InChI is InChI=1S/C24H48O5/c1-22(19-25)24(20-26,21-27)18-16-14-12-10-8-6-4-2-3-5-7-9-11-13-15-17-23(28)29/h22,25-27H,2-21H2,1H3,(H,28,29). The summed E-state index contributed by atoms with van der Waals surface area (Å²) in [5, 5.41) is 37.2. The van der Waals surface area contributed by atoms with Gasteiger partial charge in [0.05, 0.1) is 13.2 Å². The zero-order valence-corrected chi connectivity index (χ0v) is 18.9. The Morgan fingerprint density at radius 2 is 1.00 bits per heavy atom. The van der Waals surface area contributed by atoms with Crippen molar-refractivity contribution in [1.82, 2.24) is 0 Å². The van der Waals surface area contributed by atoms with Crippen molar-refractivity contribution in [3.8, 4) is 0 Å². The van der Waals surface area contributed by atoms with Gasteiger partial charge in [-0.05, 0) is 18.8 Å². The molecule has 1 atom stereocenters. The second-order valence-corrected chi connectivity index (χ2v) is 8.96. The molecule has 0 fully saturated rings. The molecular formula is C24H48O5. The zero-order chi connectivity index (χ0) is 21.8. The van der Waals surface area contributed by atoms with Crippen LogP contribution in [-0.4, -0.2) is 46.2 Å². The van der Waals surface area contributed by atoms with E-state index in [1.165, 1.54) is 70.6 Å². The first-order valence-electron chi connectivity index (χ1n) is 12.1. The molecule has 0 rings (SSSR count). The molecule has 0 heterocycles. The summed E-state index contributed by atoms with van der Waals surface area (Å²) in [6.45, 7) is 1.79. The molecule has 174 valence electrons. The average molecular weight is 417 g/mol. The number of aliphatic hydroxyl groups is 3. The van der Waals surface area contributed by atoms with Crippen LogP contribution in [0.15, 0.2) is 0 Å². The molecule has 0 amide bonds. The van der Waals surface area contributed by atoms with Gasteiger partial charge in [0.2, 0.25) is 0 Å². The third-order valence-electron chi connectivity index (χ3n) is 6.51. The van der Waals surface area contributed by atoms with Crippen LogP contribution in [-0.2, 0) is 4.79 Å². The monoisotopic (exact) mass is 416 g/mol. The van der Waals surface area contributed by atoms with Crippen LogP contribution in [0.25, 0.3) is 0 Å². The average Bonchev–Trinajstić information content (AvgIpc) is 2.72. The van der Waals surface area contributed by atoms with Crippen LogP contribution in [0.4, 0.5) is 0 Å². The van der Waals surface area contributed by atoms with Crippen LogP contribution in [0, 0.1) is 11.3 Å². The zero-order valence-electron chi connectivity index (χ0n) is 18.9. The molecule has 5 heteroatoms. The summed E-state index contributed by atoms with van der Waals surface area (Å²) in [5.74, 6) is -0.752. The van der Waals surface area contributed by atoms with E-state index in [2.05, 4.69) is 0 Å². The predicted molar refractivity (Wildman–Crippen MR) is 119 cm³/mol. The Kier molecular flexibility index (Phi) is 18.9. The minimum absolute atomic E-state index is 0.00785. The highest BCUT2D eigenvalue weighted by Crippen LogP contribution is 2.33. The van der Waals surface area contributed by atoms with Crippen LogP contribution in [0.3, 0.4) is 0 Å². The maximum atomic E-state index is 10.4. The van der Waals surface area contributed by atoms with E-state index in [1.807, 2.05) is 6.92 Å². The Morgan fingerprint density at radius 3 is 1.31 bits per heavy atom. The lowest BCUT2D eigenvalue weighted by atomic mass is 9.74. The summed E-state index contributed by atoms with van der Waals surface area (Å²) in [5.41, 5.74) is -0.535. The van der Waals surface area contributed by atoms with Gasteiger partial charge in [-0.2, -0.15) is 0 Å². The van der Waals surface area contributed by atoms with Crippen LogP contribution in [0.5, 0.6) is 0 Å². The quantitative estimate of drug-likeness (QED) is 0.179. The molecular weight excluding hydrogens is 368 g/mol. The Hall–Kier alpha value is -0.650. The van der Waals surface area contributed by atoms with Crippen molar-refractivity contribution < 1.29 is 25.2 Å². The van der Waals surface area contributed by atoms with Crippen LogP contribution in [0.1, 0.15) is 116 Å². The topological polar surface area (TPSA) is 98.0 Å². The number of unbranched alkanes of at least 4 members (excludes halogenated alkanes) is 14. The first kappa shape index (κ1) is 28.4. The highest BCUT2D eigenvalue weighted by Gasteiger charge is 2.34. The minimum Gasteiger partial charge on any atom is -0.481 e. The first-order chi connectivity index (χ1) is 14.0. The van der Waals surface area contributed by atoms with Gasteiger partial charge < -0.3 is 20.4 Å². The molecule has 5 nitrogen and oxygen atoms in total. The fraction of sp³-hybridized carbons (Fsp3) is 0.958. The van der Waals surface area contributed by atoms with Crippen molar-refractivity contribution in [1.29, 1.82) is 0 Å². The van der Waals surface area contributed by atoms with Crippen molar-refractivity contribution in [2.24, 2.45) is 11.3 Å². The van der Waals surface area contributed by atoms with Gasteiger partial charge in [0.1, 0.15) is 0 Å². The lowest BCUT2D eigenvalue weighted by Gasteiger charge is -2.35. The largest absolute Gasteiger partial charge is 0.481 e. The second kappa shape index (κ2) is 19.3. The summed E-state index contributed by atoms with van der Waals surface area (Å²) >= 11 is 0. The summed E-state index contributed by atoms with van der Waals surface area (Å²) in [7, 11) is 0. The summed E-state index contributed by atoms with van der Waals surface area (Å²) < 4.78 is 0. The minimum atomic E-state index is -0.678. The van der Waals surface area contributed by atoms with Gasteiger partial charge in [0.25, 0.3) is 0 Å². The predicted octanol–water partition coefficient (Wildman–Crippen LogP) is 5.30. The summed E-state index contributed by atoms with van der Waals surface area (Å²) in [6.07, 6.45) is 19.2. The van der Waals surface area contributed by atoms with Gasteiger partial charge in [0.15, 0.2) is 0 Å². The van der Waals surface area contributed by atoms with Crippen LogP contribution in [0.2, 0.25) is 0 Å². The molecule has 0 spiro atoms. The molecule has 0 aromatic heterocycles. The Morgan fingerprint density at radius 1 is 0.655 bits per heavy atom. The van der Waals surface area contributed by atoms with E-state index in [0.717, 1.165) is 32.1 Å². The highest BCUT2D eigenvalue weighted by molar-refractivity contribution is 5.66. The van der Waals surface area contributed by atoms with Crippen LogP contribution < -0.4 is 0 Å². The third-order valence-corrected chi connectivity index (χ3v) is 6.51. The number of aliphatic hydroxyl groups excluding tert-OH is 3. The van der Waals surface area contributed by atoms with E-state index in [0.29, 0.717) is 6.42 Å². The van der Waals surface area contributed by atoms with E-state index >= 15 is 0 Å². The van der Waals surface area contributed by atoms with Crippen LogP contribution >= 0.6 is 0 Å². The number of carbonyl (C=O) groups is 1. The normalized spacial score (nSPS) is 13.0. The molecule has 0 aliphatic rings. The van der Waals surface area contributed by atoms with Crippen molar-refractivity contribution in [2.75, 3.05) is 19.8 Å². The number of hydrogen-bond acceptors (Lipinski definition) is 4. The van der Waals surface area contributed by atoms with Gasteiger partial charge in [-0.1, -0.05) is 96.8 Å². The lowest BCUT2D eigenvalue weighted by molar-refractivity contribution is -0.137. The molecule has 0 saturated heterocycles. The second-order valence-electron chi connectivity index (χ2n) is 8.96. The third kappa shape index (κ3) is 14.9. The molecule has 1 unspecified atom stereocenters. The first-order valence-corrected chi connectivity index (χ1v) is 12.1. The van der Waals surface area contributed by atoms with E-state index in [9.17, 15) is 20.1 Å². The van der Waals surface area contributed by atoms with Gasteiger partial charge in [-0.15, -0.1) is 0 Å². The molecule has 0 aliphatic heterocycles. The van der Waals surface area contributed by atoms with Gasteiger partial charge >= 0.3 is 5.97 Å². The fourth-order valence-corrected chi connectivity index (χ4v) is 4.01. The maximum absolute atomic E-state index is 10.4. The highest BCUT2D eigenvalue weighted by atomic mass is 16.4. The molecule has 0 radical (unpaired) electrons. The molecule has 0 aliphatic carbocycles. The fourth-order valence-electron chi connectivity index (χ4n) is 4.01. The maximum Gasteiger partial charge on any atom is 0.303 e. The molecule has 0 aromatic rings. The number of carboxylic acids is 1. The van der Waals surface area contributed by atoms with Gasteiger partial charge in [-0.25, -0.2) is 0 Å². The van der Waals surface area contributed by atoms with Crippen molar-refractivity contribution in [3.63, 3.8) is 0 Å². The SMILES string of the molecule is CC(CO)C(CO)(CO)CCCCCCCCCCCCCCCCCC(=O)O. The Labute approximate surface area is 178 Å². The smallest absolute Gasteiger partial charge is 0.303 e. The molecule has 0 saturated carbocycles. The summed E-state index contributed by atoms with van der Waals surface area (Å²) in [6, 6.07) is 0.